The number of carbonyl (C=O) groups excluding carboxylic acids is 2. The van der Waals surface area contributed by atoms with Crippen molar-refractivity contribution in [2.24, 2.45) is 50.2 Å². The Morgan fingerprint density at radius 3 is 1.67 bits per heavy atom. The van der Waals surface area contributed by atoms with Crippen LogP contribution in [0.2, 0.25) is 0 Å². The van der Waals surface area contributed by atoms with Gasteiger partial charge in [0.2, 0.25) is 6.29 Å². The van der Waals surface area contributed by atoms with Crippen molar-refractivity contribution in [3.8, 4) is 0 Å². The van der Waals surface area contributed by atoms with E-state index < -0.39 is 172 Å². The van der Waals surface area contributed by atoms with Crippen LogP contribution >= 0.6 is 0 Å². The molecule has 0 bridgehead atoms. The van der Waals surface area contributed by atoms with Crippen LogP contribution in [0.3, 0.4) is 0 Å². The normalized spacial score (nSPS) is 50.8. The van der Waals surface area contributed by atoms with Crippen LogP contribution in [-0.2, 0) is 52.2 Å². The van der Waals surface area contributed by atoms with Crippen LogP contribution in [-0.4, -0.2) is 234 Å². The zero-order valence-electron chi connectivity index (χ0n) is 48.6. The van der Waals surface area contributed by atoms with Gasteiger partial charge in [0.25, 0.3) is 0 Å². The van der Waals surface area contributed by atoms with Crippen LogP contribution in [0.15, 0.2) is 11.6 Å². The van der Waals surface area contributed by atoms with E-state index in [1.165, 1.54) is 5.57 Å². The molecule has 5 aliphatic carbocycles. The number of allylic oxidation sites excluding steroid dienone is 2. The minimum absolute atomic E-state index is 0.00449. The molecule has 0 radical (unpaired) electrons. The van der Waals surface area contributed by atoms with Gasteiger partial charge in [0.1, 0.15) is 91.6 Å². The summed E-state index contributed by atoms with van der Waals surface area (Å²) in [5.41, 5.74) is -1.49. The van der Waals surface area contributed by atoms with E-state index in [0.717, 1.165) is 19.3 Å². The summed E-state index contributed by atoms with van der Waals surface area (Å²) in [5.74, 6) is -1.63. The van der Waals surface area contributed by atoms with Gasteiger partial charge >= 0.3 is 11.9 Å². The molecule has 24 nitrogen and oxygen atoms in total. The Morgan fingerprint density at radius 1 is 0.573 bits per heavy atom. The van der Waals surface area contributed by atoms with Crippen molar-refractivity contribution in [1.82, 2.24) is 0 Å². The van der Waals surface area contributed by atoms with Gasteiger partial charge in [-0.2, -0.15) is 0 Å². The molecule has 13 N–H and O–H groups in total. The molecule has 470 valence electrons. The maximum atomic E-state index is 14.9. The van der Waals surface area contributed by atoms with E-state index in [1.807, 2.05) is 6.92 Å². The molecule has 4 heterocycles. The molecule has 4 saturated carbocycles. The summed E-state index contributed by atoms with van der Waals surface area (Å²) in [4.78, 5) is 28.9. The quantitative estimate of drug-likeness (QED) is 0.0418. The monoisotopic (exact) mass is 1170 g/mol. The zero-order chi connectivity index (χ0) is 60.0. The van der Waals surface area contributed by atoms with Crippen molar-refractivity contribution in [2.45, 2.75) is 261 Å². The van der Waals surface area contributed by atoms with Crippen molar-refractivity contribution >= 4 is 11.9 Å². The van der Waals surface area contributed by atoms with Crippen LogP contribution in [0.5, 0.6) is 0 Å². The number of hydrogen-bond acceptors (Lipinski definition) is 24. The number of unbranched alkanes of at least 4 members (excludes halogenated alkanes) is 1. The first kappa shape index (κ1) is 64.4. The molecule has 0 aromatic carbocycles. The third-order valence-corrected chi connectivity index (χ3v) is 22.1. The first-order chi connectivity index (χ1) is 38.5. The van der Waals surface area contributed by atoms with Gasteiger partial charge in [0, 0.05) is 0 Å². The van der Waals surface area contributed by atoms with E-state index in [4.69, 9.17) is 42.6 Å². The molecular weight excluding hydrogens is 1080 g/mol. The van der Waals surface area contributed by atoms with Crippen molar-refractivity contribution < 1.29 is 119 Å². The lowest BCUT2D eigenvalue weighted by molar-refractivity contribution is -0.396. The van der Waals surface area contributed by atoms with Crippen LogP contribution in [0.4, 0.5) is 0 Å². The molecule has 9 aliphatic rings. The van der Waals surface area contributed by atoms with E-state index in [2.05, 4.69) is 54.5 Å². The molecule has 4 aliphatic heterocycles. The molecule has 0 amide bonds. The number of aliphatic hydroxyl groups is 13. The van der Waals surface area contributed by atoms with Gasteiger partial charge in [-0.25, -0.2) is 4.79 Å². The lowest BCUT2D eigenvalue weighted by Crippen LogP contribution is -2.69. The highest BCUT2D eigenvalue weighted by molar-refractivity contribution is 5.79. The first-order valence-corrected chi connectivity index (χ1v) is 29.8. The topological polar surface area (TPSA) is 380 Å². The molecule has 24 heteroatoms. The lowest BCUT2D eigenvalue weighted by atomic mass is 9.33. The van der Waals surface area contributed by atoms with Crippen molar-refractivity contribution in [3.05, 3.63) is 11.6 Å². The number of carbonyl (C=O) groups is 2. The second-order valence-electron chi connectivity index (χ2n) is 27.5. The molecule has 28 atom stereocenters. The minimum Gasteiger partial charge on any atom is -0.464 e. The number of hydrogen-bond donors (Lipinski definition) is 13. The van der Waals surface area contributed by atoms with Crippen LogP contribution in [0.1, 0.15) is 132 Å². The van der Waals surface area contributed by atoms with Crippen LogP contribution in [0, 0.1) is 50.2 Å². The maximum absolute atomic E-state index is 14.9. The Labute approximate surface area is 478 Å². The predicted molar refractivity (Wildman–Crippen MR) is 282 cm³/mol. The minimum atomic E-state index is -2.03. The molecule has 4 saturated heterocycles. The maximum Gasteiger partial charge on any atom is 0.338 e. The summed E-state index contributed by atoms with van der Waals surface area (Å²) >= 11 is 0. The number of ether oxygens (including phenoxy) is 9. The summed E-state index contributed by atoms with van der Waals surface area (Å²) in [5, 5.41) is 140. The fourth-order valence-electron chi connectivity index (χ4n) is 16.9. The first-order valence-electron chi connectivity index (χ1n) is 29.8. The van der Waals surface area contributed by atoms with E-state index >= 15 is 0 Å². The van der Waals surface area contributed by atoms with Gasteiger partial charge in [-0.3, -0.25) is 4.79 Å². The Bertz CT molecular complexity index is 2260. The van der Waals surface area contributed by atoms with Gasteiger partial charge < -0.3 is 109 Å². The molecule has 0 spiro atoms. The summed E-state index contributed by atoms with van der Waals surface area (Å²) < 4.78 is 54.9. The Balaban J connectivity index is 1.02. The average Bonchev–Trinajstić information content (AvgIpc) is 1.19. The third-order valence-electron chi connectivity index (χ3n) is 22.1. The van der Waals surface area contributed by atoms with Crippen molar-refractivity contribution in [1.29, 1.82) is 0 Å². The van der Waals surface area contributed by atoms with E-state index in [9.17, 15) is 76.0 Å². The summed E-state index contributed by atoms with van der Waals surface area (Å²) in [7, 11) is 0. The van der Waals surface area contributed by atoms with Gasteiger partial charge in [0.05, 0.1) is 37.9 Å². The van der Waals surface area contributed by atoms with Crippen LogP contribution in [0.25, 0.3) is 0 Å². The molecule has 0 aromatic heterocycles. The lowest BCUT2D eigenvalue weighted by Gasteiger charge is -2.71. The molecular formula is C58H94O24. The second-order valence-corrected chi connectivity index (χ2v) is 27.5. The van der Waals surface area contributed by atoms with Gasteiger partial charge in [0.15, 0.2) is 25.0 Å². The molecule has 8 fully saturated rings. The highest BCUT2D eigenvalue weighted by Crippen LogP contribution is 2.76. The van der Waals surface area contributed by atoms with Crippen molar-refractivity contribution in [3.63, 3.8) is 0 Å². The Hall–Kier alpha value is -2.12. The fourth-order valence-corrected chi connectivity index (χ4v) is 16.9. The van der Waals surface area contributed by atoms with Gasteiger partial charge in [-0.15, -0.1) is 0 Å². The molecule has 9 rings (SSSR count). The summed E-state index contributed by atoms with van der Waals surface area (Å²) in [6.45, 7) is 15.3. The average molecular weight is 1180 g/mol. The summed E-state index contributed by atoms with van der Waals surface area (Å²) in [6.07, 6.45) is -25.9. The van der Waals surface area contributed by atoms with E-state index in [0.29, 0.717) is 57.8 Å². The van der Waals surface area contributed by atoms with Crippen LogP contribution < -0.4 is 0 Å². The van der Waals surface area contributed by atoms with Crippen molar-refractivity contribution in [2.75, 3.05) is 26.4 Å². The van der Waals surface area contributed by atoms with Gasteiger partial charge in [-0.1, -0.05) is 73.5 Å². The standard InChI is InChI=1S/C58H94O24/c1-9-10-21-74-47(72)45-43(71)44(79-48-40(68)37(65)34(62)28(23-59)75-48)46(81-49-41(69)38(66)35(63)29(24-60)76-49)51(80-45)78-33-14-15-55(6)31(54(33,4)5)13-16-57(8)32(55)12-11-26-27-22-53(2,3)17-19-58(27,20-18-56(26,57)7)52(73)82-50-42(70)39(67)36(64)30(25-61)77-50/h11,27-46,48-51,59-71H,9-10,12-25H2,1-8H3/t27?,28?,29?,30?,31?,32?,33-,34?,35?,36?,37?,38?,39?,40?,41?,42?,43?,44?,45?,46?,48?,49?,50?,51?,55?,56+,57?,58?/m0/s1. The Kier molecular flexibility index (Phi) is 18.9. The highest BCUT2D eigenvalue weighted by atomic mass is 16.8. The molecule has 0 aromatic rings. The second kappa shape index (κ2) is 24.1. The van der Waals surface area contributed by atoms with Gasteiger partial charge in [-0.05, 0) is 115 Å². The number of fused-ring (bicyclic) bond motifs is 7. The largest absolute Gasteiger partial charge is 0.464 e. The Morgan fingerprint density at radius 2 is 1.11 bits per heavy atom. The zero-order valence-corrected chi connectivity index (χ0v) is 48.6. The number of aliphatic hydroxyl groups excluding tert-OH is 13. The van der Waals surface area contributed by atoms with E-state index in [-0.39, 0.29) is 46.0 Å². The number of esters is 2. The number of rotatable bonds is 15. The molecule has 82 heavy (non-hydrogen) atoms. The summed E-state index contributed by atoms with van der Waals surface area (Å²) in [6, 6.07) is 0. The van der Waals surface area contributed by atoms with E-state index in [1.54, 1.807) is 0 Å². The SMILES string of the molecule is CCCCOC(=O)C1OC(O[C@H]2CCC3(C)C(CCC4(C)C3CC=C3C5CC(C)(C)CCC5(C(=O)OC5OC(CO)C(O)C(O)C5O)CC[C@]34C)C2(C)C)C(OC2OC(CO)C(O)C(O)C2O)C(OC2OC(CO)C(O)C(O)C2O)C1O. The smallest absolute Gasteiger partial charge is 0.338 e. The molecule has 26 unspecified atom stereocenters. The third kappa shape index (κ3) is 10.9. The highest BCUT2D eigenvalue weighted by Gasteiger charge is 2.70. The fraction of sp³-hybridized carbons (Fsp3) is 0.931. The predicted octanol–water partition coefficient (Wildman–Crippen LogP) is -0.684.